The SMILES string of the molecule is CCCCCCCCCCCCCCCCCCC(=O)OC[C@H](COC(=O)CCCCCCCCCCCCCCCC)OC(=O)CCCCCCCCCCC(C)C. The second-order valence-electron chi connectivity index (χ2n) is 18.6. The lowest BCUT2D eigenvalue weighted by molar-refractivity contribution is -0.167. The summed E-state index contributed by atoms with van der Waals surface area (Å²) in [5, 5.41) is 0. The molecule has 6 heteroatoms. The van der Waals surface area contributed by atoms with Crippen molar-refractivity contribution in [2.45, 2.75) is 303 Å². The van der Waals surface area contributed by atoms with E-state index in [1.54, 1.807) is 0 Å². The summed E-state index contributed by atoms with van der Waals surface area (Å²) in [6.07, 6.45) is 49.5. The van der Waals surface area contributed by atoms with Crippen molar-refractivity contribution in [3.05, 3.63) is 0 Å². The molecule has 0 aromatic rings. The fraction of sp³-hybridized carbons (Fsp3) is 0.943. The van der Waals surface area contributed by atoms with Gasteiger partial charge in [0, 0.05) is 19.3 Å². The number of carbonyl (C=O) groups is 3. The summed E-state index contributed by atoms with van der Waals surface area (Å²) >= 11 is 0. The standard InChI is InChI=1S/C53H102O6/c1-5-7-9-11-13-15-17-19-21-22-24-26-28-33-37-41-45-52(55)58-48-50(59-53(56)46-42-38-34-30-29-31-35-39-43-49(3)4)47-57-51(54)44-40-36-32-27-25-23-20-18-16-14-12-10-8-6-2/h49-50H,5-48H2,1-4H3/t50-/m0/s1. The molecule has 59 heavy (non-hydrogen) atoms. The van der Waals surface area contributed by atoms with Crippen LogP contribution in [0.25, 0.3) is 0 Å². The maximum absolute atomic E-state index is 12.8. The average Bonchev–Trinajstić information content (AvgIpc) is 3.22. The minimum Gasteiger partial charge on any atom is -0.462 e. The van der Waals surface area contributed by atoms with Crippen molar-refractivity contribution >= 4 is 17.9 Å². The summed E-state index contributed by atoms with van der Waals surface area (Å²) in [4.78, 5) is 37.9. The highest BCUT2D eigenvalue weighted by Gasteiger charge is 2.19. The topological polar surface area (TPSA) is 78.9 Å². The highest BCUT2D eigenvalue weighted by atomic mass is 16.6. The van der Waals surface area contributed by atoms with Crippen molar-refractivity contribution in [2.24, 2.45) is 5.92 Å². The Hall–Kier alpha value is -1.59. The van der Waals surface area contributed by atoms with Gasteiger partial charge in [0.2, 0.25) is 0 Å². The average molecular weight is 835 g/mol. The highest BCUT2D eigenvalue weighted by Crippen LogP contribution is 2.17. The van der Waals surface area contributed by atoms with Crippen LogP contribution in [0.5, 0.6) is 0 Å². The quantitative estimate of drug-likeness (QED) is 0.0345. The van der Waals surface area contributed by atoms with E-state index < -0.39 is 6.10 Å². The molecule has 0 spiro atoms. The van der Waals surface area contributed by atoms with Crippen LogP contribution in [0.3, 0.4) is 0 Å². The van der Waals surface area contributed by atoms with Crippen molar-refractivity contribution < 1.29 is 28.6 Å². The van der Waals surface area contributed by atoms with Gasteiger partial charge in [-0.3, -0.25) is 14.4 Å². The zero-order valence-electron chi connectivity index (χ0n) is 40.2. The smallest absolute Gasteiger partial charge is 0.306 e. The van der Waals surface area contributed by atoms with E-state index in [-0.39, 0.29) is 31.1 Å². The van der Waals surface area contributed by atoms with Crippen molar-refractivity contribution in [1.29, 1.82) is 0 Å². The van der Waals surface area contributed by atoms with E-state index in [9.17, 15) is 14.4 Å². The third kappa shape index (κ3) is 47.3. The summed E-state index contributed by atoms with van der Waals surface area (Å²) in [6, 6.07) is 0. The second-order valence-corrected chi connectivity index (χ2v) is 18.6. The van der Waals surface area contributed by atoms with Crippen molar-refractivity contribution in [3.8, 4) is 0 Å². The van der Waals surface area contributed by atoms with E-state index in [1.807, 2.05) is 0 Å². The lowest BCUT2D eigenvalue weighted by Gasteiger charge is -2.18. The Kier molecular flexibility index (Phi) is 46.2. The van der Waals surface area contributed by atoms with Gasteiger partial charge in [-0.15, -0.1) is 0 Å². The summed E-state index contributed by atoms with van der Waals surface area (Å²) in [6.45, 7) is 9.00. The maximum Gasteiger partial charge on any atom is 0.306 e. The van der Waals surface area contributed by atoms with Gasteiger partial charge in [0.15, 0.2) is 6.10 Å². The Morgan fingerprint density at radius 3 is 0.831 bits per heavy atom. The van der Waals surface area contributed by atoms with Crippen LogP contribution < -0.4 is 0 Å². The summed E-state index contributed by atoms with van der Waals surface area (Å²) in [5.74, 6) is -0.0515. The highest BCUT2D eigenvalue weighted by molar-refractivity contribution is 5.71. The molecule has 0 fully saturated rings. The molecule has 0 heterocycles. The van der Waals surface area contributed by atoms with Crippen LogP contribution in [0.15, 0.2) is 0 Å². The van der Waals surface area contributed by atoms with Crippen LogP contribution >= 0.6 is 0 Å². The van der Waals surface area contributed by atoms with Gasteiger partial charge in [-0.1, -0.05) is 259 Å². The predicted octanol–water partition coefficient (Wildman–Crippen LogP) is 17.1. The van der Waals surface area contributed by atoms with E-state index in [1.165, 1.54) is 193 Å². The number of unbranched alkanes of at least 4 members (excludes halogenated alkanes) is 35. The lowest BCUT2D eigenvalue weighted by Crippen LogP contribution is -2.30. The molecule has 0 aliphatic rings. The first-order valence-electron chi connectivity index (χ1n) is 26.4. The van der Waals surface area contributed by atoms with Gasteiger partial charge in [-0.05, 0) is 25.2 Å². The maximum atomic E-state index is 12.8. The van der Waals surface area contributed by atoms with Gasteiger partial charge in [0.1, 0.15) is 13.2 Å². The Bertz CT molecular complexity index is 887. The molecule has 1 atom stereocenters. The van der Waals surface area contributed by atoms with Crippen LogP contribution in [0.1, 0.15) is 297 Å². The van der Waals surface area contributed by atoms with Crippen molar-refractivity contribution in [2.75, 3.05) is 13.2 Å². The molecule has 0 aliphatic carbocycles. The molecular weight excluding hydrogens is 733 g/mol. The van der Waals surface area contributed by atoms with Crippen LogP contribution in [0.2, 0.25) is 0 Å². The van der Waals surface area contributed by atoms with Gasteiger partial charge < -0.3 is 14.2 Å². The first kappa shape index (κ1) is 57.4. The molecular formula is C53H102O6. The molecule has 350 valence electrons. The Balaban J connectivity index is 4.28. The van der Waals surface area contributed by atoms with E-state index >= 15 is 0 Å². The monoisotopic (exact) mass is 835 g/mol. The number of esters is 3. The molecule has 0 saturated carbocycles. The Morgan fingerprint density at radius 2 is 0.559 bits per heavy atom. The normalized spacial score (nSPS) is 11.9. The summed E-state index contributed by atoms with van der Waals surface area (Å²) in [5.41, 5.74) is 0. The van der Waals surface area contributed by atoms with E-state index in [0.717, 1.165) is 63.7 Å². The molecule has 6 nitrogen and oxygen atoms in total. The molecule has 0 aromatic carbocycles. The fourth-order valence-corrected chi connectivity index (χ4v) is 8.04. The molecule has 0 amide bonds. The number of ether oxygens (including phenoxy) is 3. The van der Waals surface area contributed by atoms with Gasteiger partial charge >= 0.3 is 17.9 Å². The fourth-order valence-electron chi connectivity index (χ4n) is 8.04. The van der Waals surface area contributed by atoms with Crippen molar-refractivity contribution in [1.82, 2.24) is 0 Å². The minimum atomic E-state index is -0.761. The first-order chi connectivity index (χ1) is 28.9. The molecule has 0 aromatic heterocycles. The molecule has 0 radical (unpaired) electrons. The lowest BCUT2D eigenvalue weighted by atomic mass is 10.0. The number of hydrogen-bond acceptors (Lipinski definition) is 6. The molecule has 0 rings (SSSR count). The zero-order valence-corrected chi connectivity index (χ0v) is 40.2. The number of carbonyl (C=O) groups excluding carboxylic acids is 3. The molecule has 0 saturated heterocycles. The Morgan fingerprint density at radius 1 is 0.322 bits per heavy atom. The van der Waals surface area contributed by atoms with Gasteiger partial charge in [0.05, 0.1) is 0 Å². The van der Waals surface area contributed by atoms with Crippen LogP contribution in [0, 0.1) is 5.92 Å². The van der Waals surface area contributed by atoms with Crippen LogP contribution in [-0.4, -0.2) is 37.2 Å². The number of hydrogen-bond donors (Lipinski definition) is 0. The number of rotatable bonds is 48. The molecule has 0 N–H and O–H groups in total. The van der Waals surface area contributed by atoms with Gasteiger partial charge in [-0.2, -0.15) is 0 Å². The third-order valence-corrected chi connectivity index (χ3v) is 12.0. The van der Waals surface area contributed by atoms with E-state index in [4.69, 9.17) is 14.2 Å². The van der Waals surface area contributed by atoms with Gasteiger partial charge in [0.25, 0.3) is 0 Å². The largest absolute Gasteiger partial charge is 0.462 e. The van der Waals surface area contributed by atoms with E-state index in [2.05, 4.69) is 27.7 Å². The molecule has 0 unspecified atom stereocenters. The van der Waals surface area contributed by atoms with Crippen LogP contribution in [0.4, 0.5) is 0 Å². The zero-order chi connectivity index (χ0) is 43.1. The third-order valence-electron chi connectivity index (χ3n) is 12.0. The summed E-state index contributed by atoms with van der Waals surface area (Å²) < 4.78 is 16.8. The Labute approximate surface area is 368 Å². The molecule has 0 bridgehead atoms. The second kappa shape index (κ2) is 47.5. The van der Waals surface area contributed by atoms with Crippen molar-refractivity contribution in [3.63, 3.8) is 0 Å². The van der Waals surface area contributed by atoms with E-state index in [0.29, 0.717) is 19.3 Å². The predicted molar refractivity (Wildman–Crippen MR) is 252 cm³/mol. The molecule has 0 aliphatic heterocycles. The van der Waals surface area contributed by atoms with Gasteiger partial charge in [-0.25, -0.2) is 0 Å². The minimum absolute atomic E-state index is 0.0631. The first-order valence-corrected chi connectivity index (χ1v) is 26.4. The van der Waals surface area contributed by atoms with Crippen LogP contribution in [-0.2, 0) is 28.6 Å². The summed E-state index contributed by atoms with van der Waals surface area (Å²) in [7, 11) is 0.